The predicted molar refractivity (Wildman–Crippen MR) is 50.9 cm³/mol. The summed E-state index contributed by atoms with van der Waals surface area (Å²) in [6, 6.07) is 6.98. The molecule has 66 valence electrons. The molecule has 5 heteroatoms. The van der Waals surface area contributed by atoms with E-state index in [-0.39, 0.29) is 0 Å². The molecule has 0 aliphatic carbocycles. The van der Waals surface area contributed by atoms with E-state index in [2.05, 4.69) is 20.5 Å². The second-order valence-corrected chi connectivity index (χ2v) is 3.44. The maximum Gasteiger partial charge on any atom is 0.365 e. The Balaban J connectivity index is 2.71. The van der Waals surface area contributed by atoms with Gasteiger partial charge in [0.25, 0.3) is 0 Å². The van der Waals surface area contributed by atoms with Crippen molar-refractivity contribution in [2.45, 2.75) is 5.33 Å². The second-order valence-electron chi connectivity index (χ2n) is 2.15. The fourth-order valence-electron chi connectivity index (χ4n) is 0.747. The summed E-state index contributed by atoms with van der Waals surface area (Å²) < 4.78 is 14.9. The van der Waals surface area contributed by atoms with E-state index >= 15 is 0 Å². The fraction of sp³-hybridized carbons (Fsp3) is 0.143. The molecule has 0 fully saturated rings. The molecular formula is C7H8BrO3P. The average molecular weight is 251 g/mol. The average Bonchev–Trinajstić information content (AvgIpc) is 2.05. The molecule has 0 saturated heterocycles. The molecule has 3 nitrogen and oxygen atoms in total. The summed E-state index contributed by atoms with van der Waals surface area (Å²) in [4.78, 5) is 8.45. The Morgan fingerprint density at radius 2 is 2.00 bits per heavy atom. The van der Waals surface area contributed by atoms with Gasteiger partial charge in [-0.05, 0) is 17.7 Å². The van der Waals surface area contributed by atoms with E-state index < -0.39 is 8.25 Å². The normalized spacial score (nSPS) is 12.5. The lowest BCUT2D eigenvalue weighted by Crippen LogP contribution is -1.81. The van der Waals surface area contributed by atoms with Gasteiger partial charge in [-0.25, -0.2) is 4.57 Å². The van der Waals surface area contributed by atoms with Crippen LogP contribution in [0.1, 0.15) is 5.56 Å². The van der Waals surface area contributed by atoms with Gasteiger partial charge in [-0.2, -0.15) is 0 Å². The molecule has 0 bridgehead atoms. The van der Waals surface area contributed by atoms with Crippen LogP contribution in [-0.4, -0.2) is 4.89 Å². The van der Waals surface area contributed by atoms with Gasteiger partial charge >= 0.3 is 8.25 Å². The minimum absolute atomic E-state index is 0.422. The summed E-state index contributed by atoms with van der Waals surface area (Å²) in [5, 5.41) is 0.765. The van der Waals surface area contributed by atoms with Crippen molar-refractivity contribution < 1.29 is 14.0 Å². The molecule has 1 N–H and O–H groups in total. The Morgan fingerprint density at radius 1 is 1.42 bits per heavy atom. The van der Waals surface area contributed by atoms with Gasteiger partial charge in [0.1, 0.15) is 5.75 Å². The van der Waals surface area contributed by atoms with Crippen LogP contribution in [0.4, 0.5) is 0 Å². The Labute approximate surface area is 79.4 Å². The van der Waals surface area contributed by atoms with E-state index in [4.69, 9.17) is 4.89 Å². The summed E-state index contributed by atoms with van der Waals surface area (Å²) in [6.07, 6.45) is 0. The molecule has 1 unspecified atom stereocenters. The van der Waals surface area contributed by atoms with E-state index in [1.54, 1.807) is 12.1 Å². The third-order valence-corrected chi connectivity index (χ3v) is 2.34. The van der Waals surface area contributed by atoms with Crippen molar-refractivity contribution in [1.82, 2.24) is 0 Å². The van der Waals surface area contributed by atoms with Crippen LogP contribution in [0.3, 0.4) is 0 Å². The first-order chi connectivity index (χ1) is 5.72. The summed E-state index contributed by atoms with van der Waals surface area (Å²) in [7, 11) is -2.87. The first-order valence-electron chi connectivity index (χ1n) is 3.28. The maximum atomic E-state index is 10.3. The van der Waals surface area contributed by atoms with Crippen LogP contribution in [0.15, 0.2) is 24.3 Å². The van der Waals surface area contributed by atoms with E-state index in [0.29, 0.717) is 5.75 Å². The summed E-state index contributed by atoms with van der Waals surface area (Å²) in [5.41, 5.74) is 1.10. The number of alkyl halides is 1. The zero-order valence-corrected chi connectivity index (χ0v) is 8.74. The number of hydrogen-bond donors (Lipinski definition) is 1. The van der Waals surface area contributed by atoms with Crippen LogP contribution in [0.5, 0.6) is 5.75 Å². The first-order valence-corrected chi connectivity index (χ1v) is 5.66. The highest BCUT2D eigenvalue weighted by Gasteiger charge is 1.96. The van der Waals surface area contributed by atoms with Crippen LogP contribution < -0.4 is 4.52 Å². The van der Waals surface area contributed by atoms with Gasteiger partial charge in [-0.1, -0.05) is 28.1 Å². The van der Waals surface area contributed by atoms with Crippen molar-refractivity contribution in [3.8, 4) is 5.75 Å². The molecule has 0 aliphatic heterocycles. The van der Waals surface area contributed by atoms with Crippen molar-refractivity contribution >= 4 is 24.2 Å². The van der Waals surface area contributed by atoms with Crippen LogP contribution >= 0.6 is 24.2 Å². The highest BCUT2D eigenvalue weighted by molar-refractivity contribution is 9.08. The van der Waals surface area contributed by atoms with Gasteiger partial charge in [0.05, 0.1) is 0 Å². The topological polar surface area (TPSA) is 46.5 Å². The fourth-order valence-corrected chi connectivity index (χ4v) is 1.46. The predicted octanol–water partition coefficient (Wildman–Crippen LogP) is 2.34. The third-order valence-electron chi connectivity index (χ3n) is 1.28. The van der Waals surface area contributed by atoms with E-state index in [0.717, 1.165) is 10.9 Å². The molecule has 0 saturated carbocycles. The number of hydrogen-bond acceptors (Lipinski definition) is 2. The summed E-state index contributed by atoms with van der Waals surface area (Å²) in [5.74, 6) is 0.422. The summed E-state index contributed by atoms with van der Waals surface area (Å²) >= 11 is 3.29. The van der Waals surface area contributed by atoms with Crippen LogP contribution in [0.2, 0.25) is 0 Å². The zero-order valence-electron chi connectivity index (χ0n) is 6.16. The lowest BCUT2D eigenvalue weighted by molar-refractivity contribution is 0.410. The minimum Gasteiger partial charge on any atom is -0.426 e. The van der Waals surface area contributed by atoms with E-state index in [1.807, 2.05) is 12.1 Å². The molecular weight excluding hydrogens is 243 g/mol. The Bertz CT molecular complexity index is 272. The van der Waals surface area contributed by atoms with E-state index in [1.165, 1.54) is 0 Å². The molecule has 12 heavy (non-hydrogen) atoms. The zero-order chi connectivity index (χ0) is 8.97. The standard InChI is InChI=1S/C7H8BrO3P/c8-5-6-1-3-7(4-2-6)11-12(9)10/h1-4,12H,5H2,(H,9,10). The molecule has 1 aromatic rings. The van der Waals surface area contributed by atoms with Crippen molar-refractivity contribution in [3.63, 3.8) is 0 Å². The molecule has 1 atom stereocenters. The van der Waals surface area contributed by atoms with Crippen molar-refractivity contribution in [3.05, 3.63) is 29.8 Å². The molecule has 0 heterocycles. The molecule has 0 aliphatic rings. The molecule has 1 aromatic carbocycles. The monoisotopic (exact) mass is 250 g/mol. The minimum atomic E-state index is -2.87. The summed E-state index contributed by atoms with van der Waals surface area (Å²) in [6.45, 7) is 0. The molecule has 0 spiro atoms. The number of rotatable bonds is 3. The quantitative estimate of drug-likeness (QED) is 0.662. The Kier molecular flexibility index (Phi) is 3.79. The molecule has 0 amide bonds. The van der Waals surface area contributed by atoms with Gasteiger partial charge in [0.2, 0.25) is 0 Å². The third kappa shape index (κ3) is 2.97. The van der Waals surface area contributed by atoms with Crippen molar-refractivity contribution in [2.75, 3.05) is 0 Å². The first kappa shape index (κ1) is 9.78. The van der Waals surface area contributed by atoms with E-state index in [9.17, 15) is 4.57 Å². The number of halogens is 1. The van der Waals surface area contributed by atoms with Crippen LogP contribution in [-0.2, 0) is 9.90 Å². The second kappa shape index (κ2) is 4.65. The highest BCUT2D eigenvalue weighted by Crippen LogP contribution is 2.23. The number of benzene rings is 1. The van der Waals surface area contributed by atoms with Gasteiger partial charge in [-0.3, -0.25) is 0 Å². The maximum absolute atomic E-state index is 10.3. The van der Waals surface area contributed by atoms with Crippen molar-refractivity contribution in [2.24, 2.45) is 0 Å². The van der Waals surface area contributed by atoms with Gasteiger partial charge in [-0.15, -0.1) is 0 Å². The molecule has 1 rings (SSSR count). The molecule has 0 aromatic heterocycles. The lowest BCUT2D eigenvalue weighted by atomic mass is 10.2. The van der Waals surface area contributed by atoms with Crippen LogP contribution in [0.25, 0.3) is 0 Å². The largest absolute Gasteiger partial charge is 0.426 e. The Hall–Kier alpha value is -0.310. The SMILES string of the molecule is O=[PH](O)Oc1ccc(CBr)cc1. The lowest BCUT2D eigenvalue weighted by Gasteiger charge is -2.01. The van der Waals surface area contributed by atoms with Crippen molar-refractivity contribution in [1.29, 1.82) is 0 Å². The highest BCUT2D eigenvalue weighted by atomic mass is 79.9. The molecule has 0 radical (unpaired) electrons. The smallest absolute Gasteiger partial charge is 0.365 e. The van der Waals surface area contributed by atoms with Gasteiger partial charge in [0.15, 0.2) is 0 Å². The van der Waals surface area contributed by atoms with Gasteiger partial charge in [0, 0.05) is 5.33 Å². The van der Waals surface area contributed by atoms with Crippen LogP contribution in [0, 0.1) is 0 Å². The Morgan fingerprint density at radius 3 is 2.42 bits per heavy atom. The van der Waals surface area contributed by atoms with Gasteiger partial charge < -0.3 is 9.42 Å².